The zero-order chi connectivity index (χ0) is 55.7. The maximum absolute atomic E-state index is 12.9. The highest BCUT2D eigenvalue weighted by Crippen LogP contribution is 2.13. The van der Waals surface area contributed by atoms with Gasteiger partial charge in [0.2, 0.25) is 0 Å². The summed E-state index contributed by atoms with van der Waals surface area (Å²) in [6.45, 7) is 6.23. The van der Waals surface area contributed by atoms with Crippen LogP contribution in [-0.4, -0.2) is 37.2 Å². The summed E-state index contributed by atoms with van der Waals surface area (Å²) in [6, 6.07) is 0. The Morgan fingerprint density at radius 2 is 0.468 bits per heavy atom. The van der Waals surface area contributed by atoms with E-state index in [0.717, 1.165) is 180 Å². The summed E-state index contributed by atoms with van der Waals surface area (Å²) in [5.74, 6) is -0.983. The molecule has 0 aliphatic rings. The van der Waals surface area contributed by atoms with Crippen molar-refractivity contribution in [3.8, 4) is 0 Å². The monoisotopic (exact) mass is 1060 g/mol. The van der Waals surface area contributed by atoms with Crippen molar-refractivity contribution >= 4 is 17.9 Å². The van der Waals surface area contributed by atoms with Gasteiger partial charge in [-0.25, -0.2) is 0 Å². The molecule has 0 aliphatic carbocycles. The molecule has 0 N–H and O–H groups in total. The lowest BCUT2D eigenvalue weighted by Gasteiger charge is -2.18. The molecule has 0 radical (unpaired) electrons. The van der Waals surface area contributed by atoms with Gasteiger partial charge in [-0.05, 0) is 148 Å². The minimum absolute atomic E-state index is 0.113. The second-order valence-corrected chi connectivity index (χ2v) is 19.5. The van der Waals surface area contributed by atoms with Gasteiger partial charge in [0.15, 0.2) is 6.10 Å². The van der Waals surface area contributed by atoms with Crippen molar-refractivity contribution < 1.29 is 28.6 Å². The van der Waals surface area contributed by atoms with Crippen LogP contribution in [0.25, 0.3) is 0 Å². The average molecular weight is 1060 g/mol. The van der Waals surface area contributed by atoms with E-state index in [4.69, 9.17) is 14.2 Å². The van der Waals surface area contributed by atoms with Crippen LogP contribution in [0.4, 0.5) is 0 Å². The van der Waals surface area contributed by atoms with E-state index >= 15 is 0 Å². The Bertz CT molecular complexity index is 1790. The van der Waals surface area contributed by atoms with Gasteiger partial charge in [-0.15, -0.1) is 0 Å². The maximum Gasteiger partial charge on any atom is 0.306 e. The molecule has 1 unspecified atom stereocenters. The molecule has 0 saturated carbocycles. The van der Waals surface area contributed by atoms with Crippen molar-refractivity contribution in [3.63, 3.8) is 0 Å². The van der Waals surface area contributed by atoms with Gasteiger partial charge in [-0.3, -0.25) is 14.4 Å². The Kier molecular flexibility index (Phi) is 59.0. The highest BCUT2D eigenvalue weighted by molar-refractivity contribution is 5.71. The molecule has 77 heavy (non-hydrogen) atoms. The summed E-state index contributed by atoms with van der Waals surface area (Å²) < 4.78 is 16.8. The normalized spacial score (nSPS) is 13.3. The smallest absolute Gasteiger partial charge is 0.306 e. The number of ether oxygens (including phenoxy) is 3. The van der Waals surface area contributed by atoms with Crippen LogP contribution in [0.5, 0.6) is 0 Å². The van der Waals surface area contributed by atoms with Crippen molar-refractivity contribution in [3.05, 3.63) is 170 Å². The first kappa shape index (κ1) is 71.8. The number of rotatable bonds is 53. The van der Waals surface area contributed by atoms with E-state index < -0.39 is 6.10 Å². The van der Waals surface area contributed by atoms with Crippen LogP contribution in [0, 0.1) is 0 Å². The summed E-state index contributed by atoms with van der Waals surface area (Å²) in [6.07, 6.45) is 93.5. The van der Waals surface area contributed by atoms with Gasteiger partial charge in [0.05, 0.1) is 0 Å². The molecule has 6 nitrogen and oxygen atoms in total. The van der Waals surface area contributed by atoms with Crippen molar-refractivity contribution in [2.45, 2.75) is 245 Å². The van der Waals surface area contributed by atoms with Crippen LogP contribution >= 0.6 is 0 Å². The number of hydrogen-bond acceptors (Lipinski definition) is 6. The first-order valence-electron chi connectivity index (χ1n) is 30.6. The van der Waals surface area contributed by atoms with Crippen LogP contribution in [0.15, 0.2) is 170 Å². The van der Waals surface area contributed by atoms with Gasteiger partial charge < -0.3 is 14.2 Å². The van der Waals surface area contributed by atoms with Gasteiger partial charge in [-0.1, -0.05) is 242 Å². The molecule has 0 aromatic heterocycles. The van der Waals surface area contributed by atoms with Crippen molar-refractivity contribution in [1.82, 2.24) is 0 Å². The maximum atomic E-state index is 12.9. The summed E-state index contributed by atoms with van der Waals surface area (Å²) in [4.78, 5) is 38.2. The van der Waals surface area contributed by atoms with Gasteiger partial charge >= 0.3 is 17.9 Å². The van der Waals surface area contributed by atoms with Crippen LogP contribution in [0.1, 0.15) is 239 Å². The third-order valence-corrected chi connectivity index (χ3v) is 12.2. The lowest BCUT2D eigenvalue weighted by Crippen LogP contribution is -2.30. The van der Waals surface area contributed by atoms with Crippen LogP contribution < -0.4 is 0 Å². The number of carbonyl (C=O) groups is 3. The Balaban J connectivity index is 4.44. The topological polar surface area (TPSA) is 78.9 Å². The predicted molar refractivity (Wildman–Crippen MR) is 334 cm³/mol. The van der Waals surface area contributed by atoms with E-state index in [9.17, 15) is 14.4 Å². The number of hydrogen-bond donors (Lipinski definition) is 0. The zero-order valence-electron chi connectivity index (χ0n) is 49.1. The molecule has 0 aliphatic heterocycles. The van der Waals surface area contributed by atoms with E-state index in [-0.39, 0.29) is 31.1 Å². The molecular weight excluding hydrogens is 949 g/mol. The molecule has 0 spiro atoms. The number of unbranched alkanes of at least 4 members (excludes halogenated alkanes) is 14. The Morgan fingerprint density at radius 1 is 0.260 bits per heavy atom. The molecular formula is C71H110O6. The van der Waals surface area contributed by atoms with E-state index in [1.165, 1.54) is 19.3 Å². The molecule has 6 heteroatoms. The fourth-order valence-electron chi connectivity index (χ4n) is 7.72. The van der Waals surface area contributed by atoms with E-state index in [0.29, 0.717) is 19.3 Å². The third-order valence-electron chi connectivity index (χ3n) is 12.2. The van der Waals surface area contributed by atoms with Gasteiger partial charge in [0.1, 0.15) is 13.2 Å². The predicted octanol–water partition coefficient (Wildman–Crippen LogP) is 21.1. The van der Waals surface area contributed by atoms with Crippen molar-refractivity contribution in [1.29, 1.82) is 0 Å². The van der Waals surface area contributed by atoms with Crippen molar-refractivity contribution in [2.24, 2.45) is 0 Å². The van der Waals surface area contributed by atoms with Gasteiger partial charge in [0.25, 0.3) is 0 Å². The second-order valence-electron chi connectivity index (χ2n) is 19.5. The quantitative estimate of drug-likeness (QED) is 0.0261. The molecule has 0 aromatic rings. The van der Waals surface area contributed by atoms with Gasteiger partial charge in [-0.2, -0.15) is 0 Å². The van der Waals surface area contributed by atoms with Crippen molar-refractivity contribution in [2.75, 3.05) is 13.2 Å². The van der Waals surface area contributed by atoms with Crippen LogP contribution in [-0.2, 0) is 28.6 Å². The Hall–Kier alpha value is -5.23. The summed E-state index contributed by atoms with van der Waals surface area (Å²) in [5.41, 5.74) is 0. The molecule has 0 aromatic carbocycles. The Labute approximate surface area is 472 Å². The minimum Gasteiger partial charge on any atom is -0.462 e. The molecule has 0 rings (SSSR count). The fraction of sp³-hybridized carbons (Fsp3) is 0.563. The summed E-state index contributed by atoms with van der Waals surface area (Å²) in [5, 5.41) is 0. The lowest BCUT2D eigenvalue weighted by atomic mass is 10.1. The lowest BCUT2D eigenvalue weighted by molar-refractivity contribution is -0.167. The number of esters is 3. The second kappa shape index (κ2) is 63.3. The highest BCUT2D eigenvalue weighted by Gasteiger charge is 2.19. The standard InChI is InChI=1S/C71H110O6/c1-4-7-10-13-16-19-22-25-27-29-30-31-32-33-34-35-36-37-38-39-40-42-43-46-49-52-55-58-61-64-70(73)76-67-68(66-75-69(72)63-60-57-54-51-48-45-24-21-18-15-12-9-6-3)77-71(74)65-62-59-56-53-50-47-44-41-28-26-23-20-17-14-11-8-5-2/h7-12,16-21,25-28,30-31,33-34,36-37,39-40,43,45-46,48,68H,4-6,13-15,22-24,29,32,35,38,41-42,44,47,49-67H2,1-3H3/b10-7-,11-8-,12-9-,19-16-,20-17-,21-18-,27-25-,28-26-,31-30-,34-33-,37-36-,40-39-,46-43-,48-45-. The van der Waals surface area contributed by atoms with Gasteiger partial charge in [0, 0.05) is 19.3 Å². The minimum atomic E-state index is -0.816. The molecule has 0 amide bonds. The van der Waals surface area contributed by atoms with Crippen LogP contribution in [0.2, 0.25) is 0 Å². The van der Waals surface area contributed by atoms with E-state index in [1.807, 2.05) is 0 Å². The molecule has 0 heterocycles. The molecule has 0 saturated heterocycles. The fourth-order valence-corrected chi connectivity index (χ4v) is 7.72. The first-order valence-corrected chi connectivity index (χ1v) is 30.6. The molecule has 0 fully saturated rings. The largest absolute Gasteiger partial charge is 0.462 e. The zero-order valence-corrected chi connectivity index (χ0v) is 49.1. The summed E-state index contributed by atoms with van der Waals surface area (Å²) in [7, 11) is 0. The Morgan fingerprint density at radius 3 is 0.740 bits per heavy atom. The molecule has 0 bridgehead atoms. The summed E-state index contributed by atoms with van der Waals surface area (Å²) >= 11 is 0. The van der Waals surface area contributed by atoms with E-state index in [2.05, 4.69) is 191 Å². The average Bonchev–Trinajstić information content (AvgIpc) is 3.43. The number of carbonyl (C=O) groups excluding carboxylic acids is 3. The highest BCUT2D eigenvalue weighted by atomic mass is 16.6. The van der Waals surface area contributed by atoms with Crippen LogP contribution in [0.3, 0.4) is 0 Å². The SMILES string of the molecule is CC/C=C\C/C=C\C/C=C\C/C=C\C/C=C\C/C=C\C/C=C\C/C=C\CCCCCCC(=O)OCC(COC(=O)CCCCC/C=C\C/C=C\C/C=C\CC)OC(=O)CCCCCCCCC/C=C\C/C=C\C/C=C\CC. The molecule has 1 atom stereocenters. The number of allylic oxidation sites excluding steroid dienone is 28. The third kappa shape index (κ3) is 61.5. The first-order chi connectivity index (χ1) is 38.0. The molecule has 430 valence electrons. The van der Waals surface area contributed by atoms with E-state index in [1.54, 1.807) is 0 Å².